The zero-order valence-corrected chi connectivity index (χ0v) is 13.1. The van der Waals surface area contributed by atoms with Crippen LogP contribution in [0.1, 0.15) is 19.3 Å². The van der Waals surface area contributed by atoms with Crippen molar-refractivity contribution in [2.45, 2.75) is 30.2 Å². The Morgan fingerprint density at radius 2 is 2.00 bits per heavy atom. The van der Waals surface area contributed by atoms with E-state index in [9.17, 15) is 8.42 Å². The minimum absolute atomic E-state index is 0.0113. The number of hydrogen-bond donors (Lipinski definition) is 1. The lowest BCUT2D eigenvalue weighted by molar-refractivity contribution is 0.246. The maximum atomic E-state index is 12.7. The summed E-state index contributed by atoms with van der Waals surface area (Å²) < 4.78 is 37.2. The summed E-state index contributed by atoms with van der Waals surface area (Å²) in [5, 5.41) is 9.07. The first-order valence-corrected chi connectivity index (χ1v) is 8.33. The third-order valence-corrected chi connectivity index (χ3v) is 5.69. The van der Waals surface area contributed by atoms with E-state index in [-0.39, 0.29) is 17.5 Å². The summed E-state index contributed by atoms with van der Waals surface area (Å²) in [6, 6.07) is 4.45. The molecule has 6 nitrogen and oxygen atoms in total. The van der Waals surface area contributed by atoms with Gasteiger partial charge in [0.25, 0.3) is 0 Å². The van der Waals surface area contributed by atoms with Crippen molar-refractivity contribution in [1.82, 2.24) is 4.31 Å². The maximum absolute atomic E-state index is 12.7. The largest absolute Gasteiger partial charge is 0.493 e. The molecule has 0 aliphatic carbocycles. The van der Waals surface area contributed by atoms with Crippen LogP contribution in [0.25, 0.3) is 0 Å². The monoisotopic (exact) mass is 315 g/mol. The fraction of sp³-hybridized carbons (Fsp3) is 0.571. The van der Waals surface area contributed by atoms with Crippen molar-refractivity contribution >= 4 is 10.0 Å². The molecule has 1 atom stereocenters. The second-order valence-corrected chi connectivity index (χ2v) is 6.83. The molecule has 1 aromatic carbocycles. The number of nitrogens with zero attached hydrogens (tertiary/aromatic N) is 1. The number of aliphatic hydroxyl groups is 1. The molecule has 21 heavy (non-hydrogen) atoms. The standard InChI is InChI=1S/C14H21NO5S/c1-19-13-6-5-12(10-14(13)20-2)21(17,18)15-8-3-4-11(15)7-9-16/h5-6,10-11,16H,3-4,7-9H2,1-2H3. The van der Waals surface area contributed by atoms with E-state index >= 15 is 0 Å². The molecule has 0 saturated carbocycles. The van der Waals surface area contributed by atoms with Crippen LogP contribution in [-0.4, -0.2) is 51.2 Å². The Hall–Kier alpha value is -1.31. The molecular weight excluding hydrogens is 294 g/mol. The second-order valence-electron chi connectivity index (χ2n) is 4.94. The van der Waals surface area contributed by atoms with Crippen molar-refractivity contribution in [2.24, 2.45) is 0 Å². The van der Waals surface area contributed by atoms with Gasteiger partial charge in [0.15, 0.2) is 11.5 Å². The summed E-state index contributed by atoms with van der Waals surface area (Å²) >= 11 is 0. The van der Waals surface area contributed by atoms with Crippen LogP contribution in [0.3, 0.4) is 0 Å². The van der Waals surface area contributed by atoms with Gasteiger partial charge >= 0.3 is 0 Å². The van der Waals surface area contributed by atoms with E-state index in [1.807, 2.05) is 0 Å². The Labute approximate surface area is 125 Å². The van der Waals surface area contributed by atoms with Crippen molar-refractivity contribution in [3.05, 3.63) is 18.2 Å². The molecule has 1 saturated heterocycles. The van der Waals surface area contributed by atoms with E-state index in [1.54, 1.807) is 6.07 Å². The molecule has 1 unspecified atom stereocenters. The SMILES string of the molecule is COc1ccc(S(=O)(=O)N2CCCC2CCO)cc1OC. The van der Waals surface area contributed by atoms with E-state index in [0.717, 1.165) is 12.8 Å². The zero-order chi connectivity index (χ0) is 15.5. The number of sulfonamides is 1. The van der Waals surface area contributed by atoms with Crippen molar-refractivity contribution in [1.29, 1.82) is 0 Å². The van der Waals surface area contributed by atoms with Crippen LogP contribution in [0.15, 0.2) is 23.1 Å². The Morgan fingerprint density at radius 1 is 1.29 bits per heavy atom. The van der Waals surface area contributed by atoms with Gasteiger partial charge in [0.2, 0.25) is 10.0 Å². The van der Waals surface area contributed by atoms with Gasteiger partial charge < -0.3 is 14.6 Å². The molecule has 1 heterocycles. The number of ether oxygens (including phenoxy) is 2. The Bertz CT molecular complexity index is 587. The molecule has 0 spiro atoms. The van der Waals surface area contributed by atoms with Crippen molar-refractivity contribution in [2.75, 3.05) is 27.4 Å². The summed E-state index contributed by atoms with van der Waals surface area (Å²) in [6.45, 7) is 0.476. The highest BCUT2D eigenvalue weighted by Gasteiger charge is 2.35. The van der Waals surface area contributed by atoms with Crippen LogP contribution in [0.5, 0.6) is 11.5 Å². The number of rotatable bonds is 6. The summed E-state index contributed by atoms with van der Waals surface area (Å²) in [7, 11) is -0.606. The predicted octanol–water partition coefficient (Wildman–Crippen LogP) is 1.24. The molecule has 1 aliphatic heterocycles. The van der Waals surface area contributed by atoms with Gasteiger partial charge in [-0.1, -0.05) is 0 Å². The van der Waals surface area contributed by atoms with E-state index in [1.165, 1.54) is 30.7 Å². The molecule has 118 valence electrons. The Morgan fingerprint density at radius 3 is 2.62 bits per heavy atom. The number of aliphatic hydroxyl groups excluding tert-OH is 1. The Kier molecular flexibility index (Phi) is 5.08. The van der Waals surface area contributed by atoms with Crippen LogP contribution >= 0.6 is 0 Å². The van der Waals surface area contributed by atoms with Crippen molar-refractivity contribution < 1.29 is 23.0 Å². The van der Waals surface area contributed by atoms with Gasteiger partial charge in [-0.05, 0) is 31.4 Å². The van der Waals surface area contributed by atoms with E-state index in [0.29, 0.717) is 24.5 Å². The van der Waals surface area contributed by atoms with Crippen LogP contribution < -0.4 is 9.47 Å². The molecule has 7 heteroatoms. The third-order valence-electron chi connectivity index (χ3n) is 3.75. The molecule has 1 fully saturated rings. The first-order chi connectivity index (χ1) is 10.0. The average molecular weight is 315 g/mol. The molecule has 0 amide bonds. The van der Waals surface area contributed by atoms with Crippen LogP contribution in [0.4, 0.5) is 0 Å². The Balaban J connectivity index is 2.35. The van der Waals surface area contributed by atoms with Gasteiger partial charge in [-0.2, -0.15) is 4.31 Å². The van der Waals surface area contributed by atoms with Crippen LogP contribution in [0.2, 0.25) is 0 Å². The lowest BCUT2D eigenvalue weighted by atomic mass is 10.2. The van der Waals surface area contributed by atoms with Gasteiger partial charge in [-0.15, -0.1) is 0 Å². The lowest BCUT2D eigenvalue weighted by Gasteiger charge is -2.23. The van der Waals surface area contributed by atoms with E-state index in [4.69, 9.17) is 14.6 Å². The van der Waals surface area contributed by atoms with Gasteiger partial charge in [0, 0.05) is 25.3 Å². The minimum Gasteiger partial charge on any atom is -0.493 e. The first-order valence-electron chi connectivity index (χ1n) is 6.89. The van der Waals surface area contributed by atoms with Gasteiger partial charge in [-0.3, -0.25) is 0 Å². The molecule has 0 aromatic heterocycles. The lowest BCUT2D eigenvalue weighted by Crippen LogP contribution is -2.36. The first kappa shape index (κ1) is 16.1. The fourth-order valence-electron chi connectivity index (χ4n) is 2.68. The van der Waals surface area contributed by atoms with Crippen LogP contribution in [-0.2, 0) is 10.0 Å². The number of methoxy groups -OCH3 is 2. The summed E-state index contributed by atoms with van der Waals surface area (Å²) in [4.78, 5) is 0.185. The highest BCUT2D eigenvalue weighted by Crippen LogP contribution is 2.33. The normalized spacial score (nSPS) is 19.7. The summed E-state index contributed by atoms with van der Waals surface area (Å²) in [5.74, 6) is 0.876. The summed E-state index contributed by atoms with van der Waals surface area (Å²) in [6.07, 6.45) is 2.07. The van der Waals surface area contributed by atoms with E-state index < -0.39 is 10.0 Å². The van der Waals surface area contributed by atoms with Crippen LogP contribution in [0, 0.1) is 0 Å². The van der Waals surface area contributed by atoms with Crippen molar-refractivity contribution in [3.63, 3.8) is 0 Å². The smallest absolute Gasteiger partial charge is 0.243 e. The third kappa shape index (κ3) is 3.14. The molecule has 1 aromatic rings. The molecule has 0 radical (unpaired) electrons. The number of hydrogen-bond acceptors (Lipinski definition) is 5. The average Bonchev–Trinajstić information content (AvgIpc) is 2.96. The number of benzene rings is 1. The molecule has 1 N–H and O–H groups in total. The molecule has 2 rings (SSSR count). The van der Waals surface area contributed by atoms with Gasteiger partial charge in [-0.25, -0.2) is 8.42 Å². The second kappa shape index (κ2) is 6.64. The molecule has 1 aliphatic rings. The fourth-order valence-corrected chi connectivity index (χ4v) is 4.42. The van der Waals surface area contributed by atoms with Gasteiger partial charge in [0.1, 0.15) is 0 Å². The maximum Gasteiger partial charge on any atom is 0.243 e. The van der Waals surface area contributed by atoms with E-state index in [2.05, 4.69) is 0 Å². The molecular formula is C14H21NO5S. The van der Waals surface area contributed by atoms with Gasteiger partial charge in [0.05, 0.1) is 19.1 Å². The zero-order valence-electron chi connectivity index (χ0n) is 12.3. The highest BCUT2D eigenvalue weighted by molar-refractivity contribution is 7.89. The minimum atomic E-state index is -3.58. The molecule has 0 bridgehead atoms. The van der Waals surface area contributed by atoms with Crippen molar-refractivity contribution in [3.8, 4) is 11.5 Å². The topological polar surface area (TPSA) is 76.1 Å². The summed E-state index contributed by atoms with van der Waals surface area (Å²) in [5.41, 5.74) is 0. The quantitative estimate of drug-likeness (QED) is 0.855. The predicted molar refractivity (Wildman–Crippen MR) is 78.2 cm³/mol. The highest BCUT2D eigenvalue weighted by atomic mass is 32.2.